The highest BCUT2D eigenvalue weighted by molar-refractivity contribution is 7.95. The van der Waals surface area contributed by atoms with Crippen molar-refractivity contribution in [2.75, 3.05) is 19.4 Å². The molecular formula is C49H76O2P+. The molecule has 0 radical (unpaired) electrons. The van der Waals surface area contributed by atoms with Crippen LogP contribution in [0.4, 0.5) is 0 Å². The van der Waals surface area contributed by atoms with Crippen LogP contribution in [0.2, 0.25) is 0 Å². The monoisotopic (exact) mass is 728 g/mol. The predicted octanol–water partition coefficient (Wildman–Crippen LogP) is 13.9. The molecular weight excluding hydrogens is 652 g/mol. The van der Waals surface area contributed by atoms with Crippen LogP contribution < -0.4 is 15.9 Å². The van der Waals surface area contributed by atoms with Crippen LogP contribution in [0.25, 0.3) is 0 Å². The molecule has 3 aromatic carbocycles. The molecule has 0 amide bonds. The van der Waals surface area contributed by atoms with Crippen molar-refractivity contribution in [2.45, 2.75) is 168 Å². The fourth-order valence-electron chi connectivity index (χ4n) is 7.43. The Morgan fingerprint density at radius 3 is 1.21 bits per heavy atom. The summed E-state index contributed by atoms with van der Waals surface area (Å²) >= 11 is 0. The van der Waals surface area contributed by atoms with Gasteiger partial charge in [-0.2, -0.15) is 0 Å². The zero-order valence-corrected chi connectivity index (χ0v) is 34.4. The summed E-state index contributed by atoms with van der Waals surface area (Å²) in [5.41, 5.74) is 0. The van der Waals surface area contributed by atoms with E-state index in [-0.39, 0.29) is 6.29 Å². The van der Waals surface area contributed by atoms with Gasteiger partial charge in [0.2, 0.25) is 0 Å². The van der Waals surface area contributed by atoms with Gasteiger partial charge in [-0.05, 0) is 87.8 Å². The number of unbranched alkanes of at least 4 members (excludes halogenated alkanes) is 18. The summed E-state index contributed by atoms with van der Waals surface area (Å²) in [6.07, 6.45) is 35.6. The largest absolute Gasteiger partial charge is 0.353 e. The maximum atomic E-state index is 6.32. The van der Waals surface area contributed by atoms with Crippen LogP contribution in [0.5, 0.6) is 0 Å². The highest BCUT2D eigenvalue weighted by atomic mass is 31.2. The molecule has 0 N–H and O–H groups in total. The van der Waals surface area contributed by atoms with Gasteiger partial charge in [0.25, 0.3) is 0 Å². The van der Waals surface area contributed by atoms with E-state index in [1.165, 1.54) is 157 Å². The van der Waals surface area contributed by atoms with Gasteiger partial charge >= 0.3 is 0 Å². The van der Waals surface area contributed by atoms with E-state index >= 15 is 0 Å². The minimum atomic E-state index is -1.73. The molecule has 0 fully saturated rings. The Morgan fingerprint density at radius 2 is 0.788 bits per heavy atom. The summed E-state index contributed by atoms with van der Waals surface area (Å²) in [5.74, 6) is 0. The second kappa shape index (κ2) is 30.1. The van der Waals surface area contributed by atoms with E-state index in [1.54, 1.807) is 0 Å². The predicted molar refractivity (Wildman–Crippen MR) is 232 cm³/mol. The van der Waals surface area contributed by atoms with Crippen LogP contribution in [0.3, 0.4) is 0 Å². The molecule has 288 valence electrons. The van der Waals surface area contributed by atoms with E-state index in [9.17, 15) is 0 Å². The molecule has 0 aromatic heterocycles. The van der Waals surface area contributed by atoms with Gasteiger partial charge in [-0.25, -0.2) is 0 Å². The lowest BCUT2D eigenvalue weighted by Crippen LogP contribution is -2.33. The molecule has 0 atom stereocenters. The molecule has 52 heavy (non-hydrogen) atoms. The smallest absolute Gasteiger partial charge is 0.157 e. The molecule has 0 bridgehead atoms. The van der Waals surface area contributed by atoms with Gasteiger partial charge in [0.1, 0.15) is 23.2 Å². The van der Waals surface area contributed by atoms with Crippen molar-refractivity contribution in [2.24, 2.45) is 0 Å². The second-order valence-corrected chi connectivity index (χ2v) is 18.5. The van der Waals surface area contributed by atoms with Gasteiger partial charge < -0.3 is 9.47 Å². The minimum absolute atomic E-state index is 0.0212. The van der Waals surface area contributed by atoms with Crippen LogP contribution in [0, 0.1) is 0 Å². The van der Waals surface area contributed by atoms with Gasteiger partial charge in [0.15, 0.2) is 6.29 Å². The molecule has 0 saturated carbocycles. The summed E-state index contributed by atoms with van der Waals surface area (Å²) in [4.78, 5) is 0. The molecule has 0 aliphatic rings. The standard InChI is InChI=1S/C49H76O2P/c1-3-5-7-9-11-16-20-33-43-50-49(51-44-34-21-17-12-10-8-6-4-2)42-32-19-15-13-14-18-22-35-45-52(46-36-26-23-27-37-46,47-38-28-24-29-39-47)48-40-30-25-31-41-48/h14,18,23-31,36-41,49H,3-13,15-17,19-22,32-35,42-45H2,1-2H3/q+1/b18-14-. The van der Waals surface area contributed by atoms with Crippen molar-refractivity contribution >= 4 is 23.2 Å². The van der Waals surface area contributed by atoms with Crippen molar-refractivity contribution in [1.82, 2.24) is 0 Å². The van der Waals surface area contributed by atoms with Crippen LogP contribution >= 0.6 is 7.26 Å². The molecule has 3 aromatic rings. The first-order valence-electron chi connectivity index (χ1n) is 21.7. The SMILES string of the molecule is CCCCCCCCCCOC(CCCCC/C=C\CCC[P+](c1ccccc1)(c1ccccc1)c1ccccc1)OCCCCCCCCCC. The first-order valence-corrected chi connectivity index (χ1v) is 23.7. The number of rotatable bonds is 33. The lowest BCUT2D eigenvalue weighted by Gasteiger charge is -2.27. The quantitative estimate of drug-likeness (QED) is 0.0269. The first-order chi connectivity index (χ1) is 25.8. The normalized spacial score (nSPS) is 12.0. The summed E-state index contributed by atoms with van der Waals surface area (Å²) in [5, 5.41) is 4.45. The van der Waals surface area contributed by atoms with Crippen molar-refractivity contribution in [3.8, 4) is 0 Å². The van der Waals surface area contributed by atoms with Crippen molar-refractivity contribution < 1.29 is 9.47 Å². The Labute approximate surface area is 321 Å². The highest BCUT2D eigenvalue weighted by Crippen LogP contribution is 2.55. The Kier molecular flexibility index (Phi) is 25.6. The molecule has 0 aliphatic carbocycles. The summed E-state index contributed by atoms with van der Waals surface area (Å²) < 4.78 is 12.6. The topological polar surface area (TPSA) is 18.5 Å². The van der Waals surface area contributed by atoms with E-state index in [1.807, 2.05) is 0 Å². The fourth-order valence-corrected chi connectivity index (χ4v) is 11.8. The first kappa shape index (κ1) is 44.1. The van der Waals surface area contributed by atoms with Crippen LogP contribution in [-0.2, 0) is 9.47 Å². The van der Waals surface area contributed by atoms with Gasteiger partial charge in [0.05, 0.1) is 6.16 Å². The average Bonchev–Trinajstić information content (AvgIpc) is 3.19. The van der Waals surface area contributed by atoms with Gasteiger partial charge in [0, 0.05) is 13.2 Å². The third-order valence-corrected chi connectivity index (χ3v) is 15.1. The Balaban J connectivity index is 1.38. The van der Waals surface area contributed by atoms with Crippen molar-refractivity contribution in [3.63, 3.8) is 0 Å². The third kappa shape index (κ3) is 18.2. The van der Waals surface area contributed by atoms with E-state index in [4.69, 9.17) is 9.47 Å². The summed E-state index contributed by atoms with van der Waals surface area (Å²) in [6.45, 7) is 6.28. The Morgan fingerprint density at radius 1 is 0.423 bits per heavy atom. The number of benzene rings is 3. The van der Waals surface area contributed by atoms with Crippen molar-refractivity contribution in [1.29, 1.82) is 0 Å². The number of hydrogen-bond acceptors (Lipinski definition) is 2. The fraction of sp³-hybridized carbons (Fsp3) is 0.592. The average molecular weight is 728 g/mol. The molecule has 3 rings (SSSR count). The molecule has 3 heteroatoms. The Bertz CT molecular complexity index is 1110. The molecule has 0 aliphatic heterocycles. The minimum Gasteiger partial charge on any atom is -0.353 e. The number of hydrogen-bond donors (Lipinski definition) is 0. The zero-order chi connectivity index (χ0) is 36.6. The van der Waals surface area contributed by atoms with Gasteiger partial charge in [-0.1, -0.05) is 177 Å². The van der Waals surface area contributed by atoms with Gasteiger partial charge in [-0.15, -0.1) is 0 Å². The van der Waals surface area contributed by atoms with Crippen LogP contribution in [0.15, 0.2) is 103 Å². The van der Waals surface area contributed by atoms with E-state index in [0.29, 0.717) is 0 Å². The Hall–Kier alpha value is -2.25. The summed E-state index contributed by atoms with van der Waals surface area (Å²) in [7, 11) is -1.73. The maximum Gasteiger partial charge on any atom is 0.157 e. The highest BCUT2D eigenvalue weighted by Gasteiger charge is 2.44. The summed E-state index contributed by atoms with van der Waals surface area (Å²) in [6, 6.07) is 33.9. The molecule has 0 saturated heterocycles. The molecule has 0 heterocycles. The van der Waals surface area contributed by atoms with Crippen LogP contribution in [-0.4, -0.2) is 25.7 Å². The lowest BCUT2D eigenvalue weighted by atomic mass is 10.1. The lowest BCUT2D eigenvalue weighted by molar-refractivity contribution is -0.148. The second-order valence-electron chi connectivity index (χ2n) is 14.9. The molecule has 0 spiro atoms. The molecule has 2 nitrogen and oxygen atoms in total. The maximum absolute atomic E-state index is 6.32. The van der Waals surface area contributed by atoms with Crippen molar-refractivity contribution in [3.05, 3.63) is 103 Å². The number of allylic oxidation sites excluding steroid dienone is 2. The molecule has 0 unspecified atom stereocenters. The van der Waals surface area contributed by atoms with Gasteiger partial charge in [-0.3, -0.25) is 0 Å². The zero-order valence-electron chi connectivity index (χ0n) is 33.5. The van der Waals surface area contributed by atoms with E-state index < -0.39 is 7.26 Å². The third-order valence-electron chi connectivity index (χ3n) is 10.5. The van der Waals surface area contributed by atoms with E-state index in [2.05, 4.69) is 117 Å². The van der Waals surface area contributed by atoms with Crippen LogP contribution in [0.1, 0.15) is 162 Å². The number of ether oxygens (including phenoxy) is 2. The van der Waals surface area contributed by atoms with E-state index in [0.717, 1.165) is 26.1 Å².